The first-order valence-corrected chi connectivity index (χ1v) is 34.8. The minimum atomic E-state index is -3.81. The number of ether oxygens (including phenoxy) is 3. The lowest BCUT2D eigenvalue weighted by Gasteiger charge is -2.28. The number of aromatic nitrogens is 2. The van der Waals surface area contributed by atoms with Gasteiger partial charge in [0.05, 0.1) is 63.4 Å². The summed E-state index contributed by atoms with van der Waals surface area (Å²) in [5.74, 6) is -2.88. The number of rotatable bonds is 22. The van der Waals surface area contributed by atoms with Crippen molar-refractivity contribution in [3.63, 3.8) is 0 Å². The molecule has 2 unspecified atom stereocenters. The van der Waals surface area contributed by atoms with Crippen molar-refractivity contribution in [1.29, 1.82) is 0 Å². The molecule has 6 aliphatic rings. The fraction of sp³-hybridized carbons (Fsp3) is 0.437. The van der Waals surface area contributed by atoms with Crippen molar-refractivity contribution >= 4 is 76.8 Å². The molecule has 4 aromatic carbocycles. The van der Waals surface area contributed by atoms with Crippen molar-refractivity contribution in [1.82, 2.24) is 29.6 Å². The van der Waals surface area contributed by atoms with E-state index in [4.69, 9.17) is 24.2 Å². The number of allylic oxidation sites excluding steroid dienone is 2. The average molecular weight is 1310 g/mol. The molecular formula is C71H82N6O14S2. The number of ketones is 2. The van der Waals surface area contributed by atoms with Crippen molar-refractivity contribution in [2.24, 2.45) is 28.6 Å². The van der Waals surface area contributed by atoms with Gasteiger partial charge in [-0.25, -0.2) is 26.8 Å². The number of Topliss-reactive ketones (excluding diaryl/α,β-unsaturated/α-hetero) is 2. The van der Waals surface area contributed by atoms with Crippen molar-refractivity contribution in [2.75, 3.05) is 13.1 Å². The first-order valence-electron chi connectivity index (χ1n) is 31.7. The summed E-state index contributed by atoms with van der Waals surface area (Å²) in [5, 5.41) is 16.0. The summed E-state index contributed by atoms with van der Waals surface area (Å²) in [6, 6.07) is 37.8. The van der Waals surface area contributed by atoms with Crippen LogP contribution in [0.2, 0.25) is 0 Å². The molecule has 4 N–H and O–H groups in total. The lowest BCUT2D eigenvalue weighted by molar-refractivity contribution is -0.152. The van der Waals surface area contributed by atoms with Gasteiger partial charge in [0.1, 0.15) is 17.8 Å². The number of esters is 1. The fourth-order valence-corrected chi connectivity index (χ4v) is 15.1. The number of aliphatic hydroxyl groups excluding tert-OH is 1. The molecular weight excluding hydrogens is 1220 g/mol. The van der Waals surface area contributed by atoms with Crippen LogP contribution in [0.1, 0.15) is 106 Å². The molecule has 4 heterocycles. The number of hydrogen-bond acceptors (Lipinski definition) is 17. The zero-order valence-corrected chi connectivity index (χ0v) is 54.9. The number of benzene rings is 4. The minimum absolute atomic E-state index is 0.0369. The third-order valence-electron chi connectivity index (χ3n) is 18.2. The van der Waals surface area contributed by atoms with E-state index in [0.717, 1.165) is 38.4 Å². The Labute approximate surface area is 543 Å². The maximum atomic E-state index is 14.0. The number of pyridine rings is 2. The lowest BCUT2D eigenvalue weighted by atomic mass is 9.91. The molecule has 6 aromatic rings. The standard InChI is InChI=1S/C35H39N3O7S.C30H31N3O5S.C6H12O2/c1-4-25-18-35(25,34(42)37-46(43,44)27-14-15-27)19-31(40)30-17-26(20-38(30)33(41)21(2)22(3)39)45-32-28-13-9-8-12-24(28)16-29(36-32)23-10-6-5-7-11-23;1-2-21-16-30(21,29(35)33-39(36,37)23-12-13-23)17-27(34)26-15-22(18-31-26)38-28-24-11-7-6-10-20(24)14-25(32-28)19-8-4-3-5-9-19;1-5(7)8-6(2,3)4/h4-13,16,21-22,25-27,30,39H,1,14-15,17-20H2,2-3H3,(H,37,42);2-11,14,21-23,26,31H,1,12-13,15-18H2,(H,33,35);1-4H3/t21-,22-,25+,26?,30-,35+;21-,22?,26+,30-;/m01./s1. The number of nitrogens with zero attached hydrogens (tertiary/aromatic N) is 3. The summed E-state index contributed by atoms with van der Waals surface area (Å²) in [6.45, 7) is 18.2. The van der Waals surface area contributed by atoms with E-state index in [2.05, 4.69) is 27.9 Å². The SMILES string of the molecule is C=C[C@@H]1C[C@]1(CC(=O)[C@@H]1CC(Oc2nc(-c3ccccc3)cc3ccccc23)CN1)C(=O)NS(=O)(=O)C1CC1.C=C[C@@H]1C[C@]1(CC(=O)[C@@H]1CC(Oc2nc(-c3ccccc3)cc3ccccc23)CN1C(=O)[C@@H](C)[C@H](C)O)C(=O)NS(=O)(=O)C1CC1.CC(=O)OC(C)(C)C. The van der Waals surface area contributed by atoms with Gasteiger partial charge in [0.2, 0.25) is 49.5 Å². The Balaban J connectivity index is 0.000000184. The van der Waals surface area contributed by atoms with E-state index in [1.165, 1.54) is 18.7 Å². The zero-order valence-electron chi connectivity index (χ0n) is 53.3. The molecule has 0 spiro atoms. The number of nitrogens with one attached hydrogen (secondary N) is 3. The predicted octanol–water partition coefficient (Wildman–Crippen LogP) is 9.15. The first kappa shape index (κ1) is 67.7. The number of amides is 3. The third kappa shape index (κ3) is 15.9. The first-order chi connectivity index (χ1) is 44.1. The molecule has 10 atom stereocenters. The highest BCUT2D eigenvalue weighted by molar-refractivity contribution is 7.91. The van der Waals surface area contributed by atoms with Crippen molar-refractivity contribution in [3.05, 3.63) is 147 Å². The number of carbonyl (C=O) groups is 6. The second-order valence-electron chi connectivity index (χ2n) is 26.5. The van der Waals surface area contributed by atoms with Crippen LogP contribution >= 0.6 is 0 Å². The van der Waals surface area contributed by atoms with Gasteiger partial charge in [0, 0.05) is 61.1 Å². The smallest absolute Gasteiger partial charge is 0.303 e. The highest BCUT2D eigenvalue weighted by Gasteiger charge is 2.62. The van der Waals surface area contributed by atoms with Gasteiger partial charge >= 0.3 is 5.97 Å². The highest BCUT2D eigenvalue weighted by atomic mass is 32.2. The lowest BCUT2D eigenvalue weighted by Crippen LogP contribution is -2.47. The number of carbonyl (C=O) groups excluding carboxylic acids is 6. The number of likely N-dealkylation sites (tertiary alicyclic amines) is 1. The van der Waals surface area contributed by atoms with E-state index < -0.39 is 89.3 Å². The molecule has 3 amide bonds. The van der Waals surface area contributed by atoms with Gasteiger partial charge in [-0.3, -0.25) is 38.2 Å². The molecule has 4 aliphatic carbocycles. The Bertz CT molecular complexity index is 4080. The van der Waals surface area contributed by atoms with E-state index in [-0.39, 0.29) is 66.9 Å². The van der Waals surface area contributed by atoms with Crippen molar-refractivity contribution in [3.8, 4) is 34.3 Å². The second-order valence-corrected chi connectivity index (χ2v) is 30.4. The van der Waals surface area contributed by atoms with E-state index in [1.54, 1.807) is 19.1 Å². The molecule has 6 fully saturated rings. The molecule has 12 rings (SSSR count). The predicted molar refractivity (Wildman–Crippen MR) is 353 cm³/mol. The van der Waals surface area contributed by atoms with Crippen molar-refractivity contribution in [2.45, 2.75) is 152 Å². The summed E-state index contributed by atoms with van der Waals surface area (Å²) in [5.41, 5.74) is 0.795. The number of fused-ring (bicyclic) bond motifs is 2. The van der Waals surface area contributed by atoms with E-state index >= 15 is 0 Å². The van der Waals surface area contributed by atoms with Crippen LogP contribution < -0.4 is 24.2 Å². The normalized spacial score (nSPS) is 24.5. The Hall–Kier alpha value is -8.18. The van der Waals surface area contributed by atoms with Crippen LogP contribution in [-0.2, 0) is 53.6 Å². The number of hydrogen-bond donors (Lipinski definition) is 4. The summed E-state index contributed by atoms with van der Waals surface area (Å²) in [4.78, 5) is 88.7. The summed E-state index contributed by atoms with van der Waals surface area (Å²) < 4.78 is 72.0. The average Bonchev–Trinajstić information content (AvgIpc) is 1.59. The molecule has 20 nitrogen and oxygen atoms in total. The largest absolute Gasteiger partial charge is 0.472 e. The molecule has 2 aliphatic heterocycles. The quantitative estimate of drug-likeness (QED) is 0.0364. The monoisotopic (exact) mass is 1310 g/mol. The molecule has 4 saturated carbocycles. The van der Waals surface area contributed by atoms with Crippen LogP contribution in [-0.4, -0.2) is 132 Å². The highest BCUT2D eigenvalue weighted by Crippen LogP contribution is 2.58. The van der Waals surface area contributed by atoms with Gasteiger partial charge in [-0.2, -0.15) is 0 Å². The summed E-state index contributed by atoms with van der Waals surface area (Å²) in [7, 11) is -7.50. The van der Waals surface area contributed by atoms with Crippen LogP contribution in [0.5, 0.6) is 11.8 Å². The van der Waals surface area contributed by atoms with Gasteiger partial charge in [-0.1, -0.05) is 116 Å². The molecule has 22 heteroatoms. The molecule has 0 radical (unpaired) electrons. The summed E-state index contributed by atoms with van der Waals surface area (Å²) >= 11 is 0. The second kappa shape index (κ2) is 27.4. The van der Waals surface area contributed by atoms with Gasteiger partial charge in [-0.15, -0.1) is 13.2 Å². The van der Waals surface area contributed by atoms with Crippen molar-refractivity contribution < 1.29 is 64.9 Å². The minimum Gasteiger partial charge on any atom is -0.472 e. The van der Waals surface area contributed by atoms with Gasteiger partial charge in [0.25, 0.3) is 0 Å². The van der Waals surface area contributed by atoms with Gasteiger partial charge in [-0.05, 0) is 113 Å². The van der Waals surface area contributed by atoms with Gasteiger partial charge in [0.15, 0.2) is 11.6 Å². The fourth-order valence-electron chi connectivity index (χ4n) is 12.3. The topological polar surface area (TPSA) is 284 Å². The Morgan fingerprint density at radius 2 is 1.11 bits per heavy atom. The van der Waals surface area contributed by atoms with Crippen LogP contribution in [0.4, 0.5) is 0 Å². The van der Waals surface area contributed by atoms with E-state index in [1.807, 2.05) is 142 Å². The molecule has 2 aromatic heterocycles. The Morgan fingerprint density at radius 1 is 0.667 bits per heavy atom. The number of sulfonamides is 2. The van der Waals surface area contributed by atoms with Crippen LogP contribution in [0, 0.1) is 28.6 Å². The molecule has 0 bridgehead atoms. The Morgan fingerprint density at radius 3 is 1.52 bits per heavy atom. The number of aliphatic hydroxyl groups is 1. The van der Waals surface area contributed by atoms with E-state index in [0.29, 0.717) is 68.9 Å². The molecule has 492 valence electrons. The Kier molecular flexibility index (Phi) is 20.0. The maximum Gasteiger partial charge on any atom is 0.303 e. The third-order valence-corrected chi connectivity index (χ3v) is 21.8. The maximum absolute atomic E-state index is 14.0. The van der Waals surface area contributed by atoms with E-state index in [9.17, 15) is 50.7 Å². The summed E-state index contributed by atoms with van der Waals surface area (Å²) in [6.07, 6.45) is 4.52. The molecule has 93 heavy (non-hydrogen) atoms. The van der Waals surface area contributed by atoms with Crippen LogP contribution in [0.25, 0.3) is 44.1 Å². The van der Waals surface area contributed by atoms with Gasteiger partial charge < -0.3 is 29.5 Å². The van der Waals surface area contributed by atoms with Crippen LogP contribution in [0.3, 0.4) is 0 Å². The zero-order chi connectivity index (χ0) is 66.8. The van der Waals surface area contributed by atoms with Crippen LogP contribution in [0.15, 0.2) is 147 Å². The molecule has 2 saturated heterocycles.